The third-order valence-electron chi connectivity index (χ3n) is 18.5. The SMILES string of the molecule is CC1(C)c2ccc(-c3ccc4c(c3)C3C(c5ccccc5N3c3ccccc3)N4c3ccccc3)cc2-c2cc(-c3ccc4c(c3)C3C(c5ccccc5N3c3ccccc3)N4c3nc(-c4ccccc4)cc(-c4ccccc4)n3)ccc21. The molecule has 5 heterocycles. The maximum atomic E-state index is 5.49. The Labute approximate surface area is 484 Å². The number of hydrogen-bond donors (Lipinski definition) is 0. The second-order valence-electron chi connectivity index (χ2n) is 23.2. The van der Waals surface area contributed by atoms with Gasteiger partial charge >= 0.3 is 0 Å². The Morgan fingerprint density at radius 3 is 1.04 bits per heavy atom. The Kier molecular flexibility index (Phi) is 10.5. The van der Waals surface area contributed by atoms with Crippen LogP contribution in [-0.4, -0.2) is 9.97 Å². The molecule has 0 saturated heterocycles. The summed E-state index contributed by atoms with van der Waals surface area (Å²) in [6, 6.07) is 103. The number of anilines is 8. The van der Waals surface area contributed by atoms with Crippen molar-refractivity contribution in [2.45, 2.75) is 43.4 Å². The summed E-state index contributed by atoms with van der Waals surface area (Å²) in [5.41, 5.74) is 27.4. The maximum Gasteiger partial charge on any atom is 0.231 e. The second kappa shape index (κ2) is 18.4. The average molecular weight is 1070 g/mol. The summed E-state index contributed by atoms with van der Waals surface area (Å²) < 4.78 is 0. The largest absolute Gasteiger partial charge is 0.331 e. The van der Waals surface area contributed by atoms with E-state index in [0.29, 0.717) is 5.95 Å². The number of para-hydroxylation sites is 5. The monoisotopic (exact) mass is 1060 g/mol. The molecule has 0 spiro atoms. The first-order valence-corrected chi connectivity index (χ1v) is 29.0. The van der Waals surface area contributed by atoms with Gasteiger partial charge in [0.05, 0.1) is 41.2 Å². The van der Waals surface area contributed by atoms with Gasteiger partial charge in [0.15, 0.2) is 0 Å². The average Bonchev–Trinajstić information content (AvgIpc) is 2.54. The fourth-order valence-corrected chi connectivity index (χ4v) is 14.8. The summed E-state index contributed by atoms with van der Waals surface area (Å²) in [5, 5.41) is 0. The van der Waals surface area contributed by atoms with Gasteiger partial charge in [-0.25, -0.2) is 9.97 Å². The van der Waals surface area contributed by atoms with E-state index in [9.17, 15) is 0 Å². The zero-order valence-corrected chi connectivity index (χ0v) is 46.1. The van der Waals surface area contributed by atoms with Crippen molar-refractivity contribution in [1.82, 2.24) is 9.97 Å². The lowest BCUT2D eigenvalue weighted by Crippen LogP contribution is -2.25. The molecule has 0 N–H and O–H groups in total. The predicted octanol–water partition coefficient (Wildman–Crippen LogP) is 19.6. The van der Waals surface area contributed by atoms with E-state index in [2.05, 4.69) is 312 Å². The van der Waals surface area contributed by atoms with Crippen molar-refractivity contribution in [2.75, 3.05) is 19.6 Å². The van der Waals surface area contributed by atoms with Crippen LogP contribution in [-0.2, 0) is 5.41 Å². The molecule has 0 saturated carbocycles. The topological polar surface area (TPSA) is 38.7 Å². The molecule has 12 aromatic rings. The van der Waals surface area contributed by atoms with Crippen molar-refractivity contribution < 1.29 is 0 Å². The van der Waals surface area contributed by atoms with E-state index < -0.39 is 0 Å². The molecule has 394 valence electrons. The quantitative estimate of drug-likeness (QED) is 0.151. The third-order valence-corrected chi connectivity index (χ3v) is 18.5. The van der Waals surface area contributed by atoms with E-state index in [-0.39, 0.29) is 29.6 Å². The fourth-order valence-electron chi connectivity index (χ4n) is 14.8. The van der Waals surface area contributed by atoms with Gasteiger partial charge in [-0.15, -0.1) is 0 Å². The summed E-state index contributed by atoms with van der Waals surface area (Å²) in [5.74, 6) is 0.683. The van der Waals surface area contributed by atoms with Crippen molar-refractivity contribution in [3.05, 3.63) is 312 Å². The van der Waals surface area contributed by atoms with Crippen LogP contribution in [0.3, 0.4) is 0 Å². The van der Waals surface area contributed by atoms with Gasteiger partial charge in [0.1, 0.15) is 0 Å². The molecule has 0 bridgehead atoms. The van der Waals surface area contributed by atoms with E-state index in [0.717, 1.165) is 33.9 Å². The molecular formula is C77H56N6. The number of aromatic nitrogens is 2. The lowest BCUT2D eigenvalue weighted by Gasteiger charge is -2.29. The van der Waals surface area contributed by atoms with Gasteiger partial charge < -0.3 is 19.6 Å². The summed E-state index contributed by atoms with van der Waals surface area (Å²) in [7, 11) is 0. The van der Waals surface area contributed by atoms with Gasteiger partial charge in [-0.2, -0.15) is 0 Å². The van der Waals surface area contributed by atoms with E-state index in [1.807, 2.05) is 0 Å². The smallest absolute Gasteiger partial charge is 0.231 e. The van der Waals surface area contributed by atoms with Crippen LogP contribution >= 0.6 is 0 Å². The molecule has 83 heavy (non-hydrogen) atoms. The highest BCUT2D eigenvalue weighted by molar-refractivity contribution is 5.91. The number of rotatable bonds is 8. The molecule has 6 heteroatoms. The van der Waals surface area contributed by atoms with Crippen molar-refractivity contribution in [2.24, 2.45) is 0 Å². The van der Waals surface area contributed by atoms with E-state index >= 15 is 0 Å². The standard InChI is InChI=1S/C77H56N6/c1-77(2)64-40-36-51(53-38-42-70-62(46-53)74-72(82(70)57-30-16-7-17-31-57)58-32-18-20-34-68(58)80(74)55-26-12-5-13-27-55)44-60(64)61-45-52(37-41-65(61)77)54-39-43-71-63(47-54)75-73(59-33-19-21-35-69(59)81(75)56-28-14-6-15-29-56)83(71)76-78-66(49-22-8-3-9-23-49)48-67(79-76)50-24-10-4-11-25-50/h3-48,72-75H,1-2H3. The van der Waals surface area contributed by atoms with Crippen molar-refractivity contribution >= 4 is 45.8 Å². The lowest BCUT2D eigenvalue weighted by atomic mass is 9.82. The Bertz CT molecular complexity index is 4470. The molecule has 4 atom stereocenters. The Balaban J connectivity index is 0.794. The second-order valence-corrected chi connectivity index (χ2v) is 23.2. The normalized spacial score (nSPS) is 18.0. The van der Waals surface area contributed by atoms with Gasteiger partial charge in [0.25, 0.3) is 0 Å². The first-order valence-electron chi connectivity index (χ1n) is 29.0. The Morgan fingerprint density at radius 1 is 0.277 bits per heavy atom. The highest BCUT2D eigenvalue weighted by atomic mass is 15.4. The van der Waals surface area contributed by atoms with E-state index in [1.165, 1.54) is 95.2 Å². The van der Waals surface area contributed by atoms with Gasteiger partial charge in [-0.1, -0.05) is 202 Å². The van der Waals surface area contributed by atoms with Gasteiger partial charge in [-0.3, -0.25) is 0 Å². The Hall–Kier alpha value is -10.3. The molecule has 5 aliphatic rings. The molecule has 6 nitrogen and oxygen atoms in total. The summed E-state index contributed by atoms with van der Waals surface area (Å²) in [6.07, 6.45) is 0. The molecule has 0 amide bonds. The predicted molar refractivity (Wildman–Crippen MR) is 340 cm³/mol. The summed E-state index contributed by atoms with van der Waals surface area (Å²) in [4.78, 5) is 21.1. The van der Waals surface area contributed by atoms with E-state index in [1.54, 1.807) is 0 Å². The van der Waals surface area contributed by atoms with Crippen LogP contribution in [0.4, 0.5) is 45.8 Å². The zero-order chi connectivity index (χ0) is 54.9. The minimum atomic E-state index is -0.181. The molecule has 4 unspecified atom stereocenters. The highest BCUT2D eigenvalue weighted by Gasteiger charge is 2.52. The molecule has 17 rings (SSSR count). The van der Waals surface area contributed by atoms with Gasteiger partial charge in [0, 0.05) is 72.9 Å². The van der Waals surface area contributed by atoms with Crippen LogP contribution in [0.15, 0.2) is 279 Å². The minimum Gasteiger partial charge on any atom is -0.331 e. The lowest BCUT2D eigenvalue weighted by molar-refractivity contribution is 0.626. The fraction of sp³-hybridized carbons (Fsp3) is 0.0909. The Morgan fingerprint density at radius 2 is 0.602 bits per heavy atom. The first-order chi connectivity index (χ1) is 40.9. The molecular weight excluding hydrogens is 1010 g/mol. The van der Waals surface area contributed by atoms with Crippen LogP contribution < -0.4 is 19.6 Å². The van der Waals surface area contributed by atoms with Crippen LogP contribution in [0.25, 0.3) is 55.9 Å². The van der Waals surface area contributed by atoms with Gasteiger partial charge in [0.2, 0.25) is 5.95 Å². The van der Waals surface area contributed by atoms with Crippen LogP contribution in [0.2, 0.25) is 0 Å². The molecule has 0 fully saturated rings. The summed E-state index contributed by atoms with van der Waals surface area (Å²) in [6.45, 7) is 4.78. The van der Waals surface area contributed by atoms with Crippen LogP contribution in [0.1, 0.15) is 71.4 Å². The molecule has 0 radical (unpaired) electrons. The number of nitrogens with zero attached hydrogens (tertiary/aromatic N) is 6. The number of fused-ring (bicyclic) bond motifs is 13. The van der Waals surface area contributed by atoms with Crippen LogP contribution in [0.5, 0.6) is 0 Å². The maximum absolute atomic E-state index is 5.49. The third kappa shape index (κ3) is 7.22. The number of hydrogen-bond acceptors (Lipinski definition) is 6. The van der Waals surface area contributed by atoms with E-state index in [4.69, 9.17) is 9.97 Å². The molecule has 4 aliphatic heterocycles. The molecule has 1 aromatic heterocycles. The number of benzene rings is 11. The van der Waals surface area contributed by atoms with Crippen molar-refractivity contribution in [1.29, 1.82) is 0 Å². The highest BCUT2D eigenvalue weighted by Crippen LogP contribution is 2.65. The van der Waals surface area contributed by atoms with Crippen molar-refractivity contribution in [3.63, 3.8) is 0 Å². The zero-order valence-electron chi connectivity index (χ0n) is 46.1. The van der Waals surface area contributed by atoms with Crippen LogP contribution in [0, 0.1) is 0 Å². The summed E-state index contributed by atoms with van der Waals surface area (Å²) >= 11 is 0. The molecule has 1 aliphatic carbocycles. The first kappa shape index (κ1) is 47.5. The van der Waals surface area contributed by atoms with Gasteiger partial charge in [-0.05, 0) is 136 Å². The molecule has 11 aromatic carbocycles. The van der Waals surface area contributed by atoms with Crippen molar-refractivity contribution in [3.8, 4) is 55.9 Å². The minimum absolute atomic E-state index is 0.0638.